The summed E-state index contributed by atoms with van der Waals surface area (Å²) in [5.41, 5.74) is 3.35. The number of carbonyl (C=O) groups excluding carboxylic acids is 3. The van der Waals surface area contributed by atoms with Crippen LogP contribution in [0.2, 0.25) is 5.02 Å². The first kappa shape index (κ1) is 21.6. The van der Waals surface area contributed by atoms with Gasteiger partial charge in [-0.25, -0.2) is 9.59 Å². The highest BCUT2D eigenvalue weighted by Crippen LogP contribution is 2.20. The lowest BCUT2D eigenvalue weighted by Crippen LogP contribution is -2.41. The predicted octanol–water partition coefficient (Wildman–Crippen LogP) is 2.70. The lowest BCUT2D eigenvalue weighted by Gasteiger charge is -2.17. The van der Waals surface area contributed by atoms with E-state index in [1.54, 1.807) is 6.08 Å². The lowest BCUT2D eigenvalue weighted by atomic mass is 10.1. The number of amides is 3. The molecule has 0 saturated carbocycles. The van der Waals surface area contributed by atoms with Crippen LogP contribution in [-0.4, -0.2) is 51.8 Å². The Labute approximate surface area is 179 Å². The molecule has 0 aliphatic carbocycles. The number of esters is 1. The van der Waals surface area contributed by atoms with Gasteiger partial charge in [-0.05, 0) is 38.5 Å². The van der Waals surface area contributed by atoms with Crippen molar-refractivity contribution in [3.8, 4) is 0 Å². The van der Waals surface area contributed by atoms with Gasteiger partial charge in [0.15, 0.2) is 6.10 Å². The normalized spacial score (nSPS) is 14.8. The van der Waals surface area contributed by atoms with Crippen molar-refractivity contribution < 1.29 is 19.1 Å². The number of benzene rings is 1. The number of aromatic nitrogens is 2. The van der Waals surface area contributed by atoms with E-state index >= 15 is 0 Å². The predicted molar refractivity (Wildman–Crippen MR) is 112 cm³/mol. The molecule has 1 saturated heterocycles. The molecule has 3 amide bonds. The number of carbonyl (C=O) groups is 3. The van der Waals surface area contributed by atoms with Gasteiger partial charge in [-0.2, -0.15) is 5.10 Å². The Hall–Kier alpha value is -3.13. The minimum atomic E-state index is -1.06. The molecule has 0 radical (unpaired) electrons. The summed E-state index contributed by atoms with van der Waals surface area (Å²) in [4.78, 5) is 37.0. The molecule has 0 spiro atoms. The van der Waals surface area contributed by atoms with E-state index in [4.69, 9.17) is 16.3 Å². The fourth-order valence-electron chi connectivity index (χ4n) is 3.21. The molecule has 9 heteroatoms. The highest BCUT2D eigenvalue weighted by Gasteiger charge is 2.31. The van der Waals surface area contributed by atoms with E-state index in [9.17, 15) is 14.4 Å². The third kappa shape index (κ3) is 4.71. The molecule has 1 aromatic carbocycles. The van der Waals surface area contributed by atoms with Crippen molar-refractivity contribution in [1.82, 2.24) is 20.0 Å². The Bertz CT molecular complexity index is 1010. The number of ether oxygens (including phenoxy) is 1. The maximum atomic E-state index is 12.2. The zero-order valence-electron chi connectivity index (χ0n) is 17.0. The molecule has 1 atom stereocenters. The van der Waals surface area contributed by atoms with Crippen LogP contribution in [-0.2, 0) is 20.9 Å². The van der Waals surface area contributed by atoms with E-state index in [0.717, 1.165) is 27.4 Å². The largest absolute Gasteiger partial charge is 0.449 e. The number of rotatable bonds is 6. The Morgan fingerprint density at radius 2 is 2.07 bits per heavy atom. The summed E-state index contributed by atoms with van der Waals surface area (Å²) >= 11 is 6.23. The van der Waals surface area contributed by atoms with Crippen LogP contribution in [0, 0.1) is 13.8 Å². The van der Waals surface area contributed by atoms with Gasteiger partial charge in [-0.3, -0.25) is 14.4 Å². The first-order chi connectivity index (χ1) is 14.3. The number of nitrogens with one attached hydrogen (secondary N) is 1. The van der Waals surface area contributed by atoms with Crippen LogP contribution in [0.1, 0.15) is 29.4 Å². The summed E-state index contributed by atoms with van der Waals surface area (Å²) in [6.07, 6.45) is 1.81. The van der Waals surface area contributed by atoms with Crippen molar-refractivity contribution in [3.63, 3.8) is 0 Å². The number of imide groups is 1. The molecular formula is C21H23ClN4O4. The van der Waals surface area contributed by atoms with Gasteiger partial charge >= 0.3 is 12.0 Å². The lowest BCUT2D eigenvalue weighted by molar-refractivity contribution is -0.153. The van der Waals surface area contributed by atoms with Crippen LogP contribution >= 0.6 is 11.6 Å². The molecule has 30 heavy (non-hydrogen) atoms. The SMILES string of the molecule is Cc1nn(Cc2ccccc2Cl)c(C)c1/C=C/C(=O)OC(C)C(=O)N1CCNC1=O. The second-order valence-corrected chi connectivity index (χ2v) is 7.38. The third-order valence-corrected chi connectivity index (χ3v) is 5.23. The smallest absolute Gasteiger partial charge is 0.331 e. The average molecular weight is 431 g/mol. The summed E-state index contributed by atoms with van der Waals surface area (Å²) in [7, 11) is 0. The van der Waals surface area contributed by atoms with Crippen LogP contribution in [0.25, 0.3) is 6.08 Å². The van der Waals surface area contributed by atoms with Crippen molar-refractivity contribution in [1.29, 1.82) is 0 Å². The highest BCUT2D eigenvalue weighted by atomic mass is 35.5. The summed E-state index contributed by atoms with van der Waals surface area (Å²) in [6, 6.07) is 7.07. The molecule has 1 aliphatic heterocycles. The van der Waals surface area contributed by atoms with Crippen molar-refractivity contribution in [2.24, 2.45) is 0 Å². The maximum absolute atomic E-state index is 12.2. The molecule has 2 heterocycles. The Morgan fingerprint density at radius 3 is 2.73 bits per heavy atom. The van der Waals surface area contributed by atoms with E-state index in [0.29, 0.717) is 18.1 Å². The van der Waals surface area contributed by atoms with Gasteiger partial charge in [0.1, 0.15) is 0 Å². The van der Waals surface area contributed by atoms with Gasteiger partial charge in [-0.1, -0.05) is 29.8 Å². The molecule has 1 aromatic heterocycles. The Balaban J connectivity index is 1.66. The van der Waals surface area contributed by atoms with Crippen LogP contribution in [0.15, 0.2) is 30.3 Å². The van der Waals surface area contributed by atoms with Crippen LogP contribution in [0.3, 0.4) is 0 Å². The maximum Gasteiger partial charge on any atom is 0.331 e. The molecule has 0 bridgehead atoms. The second kappa shape index (κ2) is 9.13. The molecule has 1 fully saturated rings. The third-order valence-electron chi connectivity index (χ3n) is 4.87. The zero-order chi connectivity index (χ0) is 21.8. The van der Waals surface area contributed by atoms with Gasteiger partial charge in [0, 0.05) is 35.4 Å². The molecule has 1 N–H and O–H groups in total. The monoisotopic (exact) mass is 430 g/mol. The summed E-state index contributed by atoms with van der Waals surface area (Å²) in [5, 5.41) is 7.72. The number of aryl methyl sites for hydroxylation is 1. The first-order valence-electron chi connectivity index (χ1n) is 9.53. The Morgan fingerprint density at radius 1 is 1.33 bits per heavy atom. The van der Waals surface area contributed by atoms with E-state index in [1.165, 1.54) is 13.0 Å². The van der Waals surface area contributed by atoms with Gasteiger partial charge in [0.2, 0.25) is 0 Å². The number of hydrogen-bond acceptors (Lipinski definition) is 5. The first-order valence-corrected chi connectivity index (χ1v) is 9.91. The van der Waals surface area contributed by atoms with E-state index in [1.807, 2.05) is 42.8 Å². The quantitative estimate of drug-likeness (QED) is 0.561. The zero-order valence-corrected chi connectivity index (χ0v) is 17.8. The van der Waals surface area contributed by atoms with E-state index in [2.05, 4.69) is 10.4 Å². The van der Waals surface area contributed by atoms with Crippen LogP contribution in [0.5, 0.6) is 0 Å². The van der Waals surface area contributed by atoms with Gasteiger partial charge in [0.05, 0.1) is 12.2 Å². The van der Waals surface area contributed by atoms with Crippen molar-refractivity contribution in [2.45, 2.75) is 33.4 Å². The number of hydrogen-bond donors (Lipinski definition) is 1. The fraction of sp³-hybridized carbons (Fsp3) is 0.333. The standard InChI is InChI=1S/C21H23ClN4O4/c1-13-17(14(2)26(24-13)12-16-6-4-5-7-18(16)22)8-9-19(27)30-15(3)20(28)25-11-10-23-21(25)29/h4-9,15H,10-12H2,1-3H3,(H,23,29)/b9-8+. The van der Waals surface area contributed by atoms with Crippen molar-refractivity contribution in [2.75, 3.05) is 13.1 Å². The molecule has 2 aromatic rings. The van der Waals surface area contributed by atoms with Crippen LogP contribution < -0.4 is 5.32 Å². The van der Waals surface area contributed by atoms with Gasteiger partial charge in [0.25, 0.3) is 5.91 Å². The van der Waals surface area contributed by atoms with Crippen molar-refractivity contribution in [3.05, 3.63) is 57.9 Å². The van der Waals surface area contributed by atoms with Gasteiger partial charge < -0.3 is 10.1 Å². The van der Waals surface area contributed by atoms with E-state index < -0.39 is 24.0 Å². The fourth-order valence-corrected chi connectivity index (χ4v) is 3.41. The second-order valence-electron chi connectivity index (χ2n) is 6.97. The minimum absolute atomic E-state index is 0.262. The topological polar surface area (TPSA) is 93.5 Å². The minimum Gasteiger partial charge on any atom is -0.449 e. The summed E-state index contributed by atoms with van der Waals surface area (Å²) < 4.78 is 6.97. The molecular weight excluding hydrogens is 408 g/mol. The molecule has 8 nitrogen and oxygen atoms in total. The summed E-state index contributed by atoms with van der Waals surface area (Å²) in [5.74, 6) is -1.22. The number of nitrogens with zero attached hydrogens (tertiary/aromatic N) is 3. The van der Waals surface area contributed by atoms with E-state index in [-0.39, 0.29) is 6.54 Å². The molecule has 158 valence electrons. The Kier molecular flexibility index (Phi) is 6.56. The van der Waals surface area contributed by atoms with Crippen LogP contribution in [0.4, 0.5) is 4.79 Å². The van der Waals surface area contributed by atoms with Crippen molar-refractivity contribution >= 4 is 35.6 Å². The summed E-state index contributed by atoms with van der Waals surface area (Å²) in [6.45, 7) is 6.35. The molecule has 3 rings (SSSR count). The van der Waals surface area contributed by atoms with Gasteiger partial charge in [-0.15, -0.1) is 0 Å². The molecule has 1 unspecified atom stereocenters. The average Bonchev–Trinajstić information content (AvgIpc) is 3.24. The number of urea groups is 1. The number of halogens is 1. The molecule has 1 aliphatic rings. The highest BCUT2D eigenvalue weighted by molar-refractivity contribution is 6.31.